The van der Waals surface area contributed by atoms with Gasteiger partial charge in [0.2, 0.25) is 5.91 Å². The highest BCUT2D eigenvalue weighted by Crippen LogP contribution is 2.24. The molecule has 0 heterocycles. The van der Waals surface area contributed by atoms with Gasteiger partial charge in [-0.25, -0.2) is 8.42 Å². The monoisotopic (exact) mass is 334 g/mol. The summed E-state index contributed by atoms with van der Waals surface area (Å²) in [6, 6.07) is 12.7. The Labute approximate surface area is 135 Å². The van der Waals surface area contributed by atoms with E-state index in [2.05, 4.69) is 4.72 Å². The minimum absolute atomic E-state index is 0.141. The minimum atomic E-state index is -3.75. The van der Waals surface area contributed by atoms with Gasteiger partial charge in [0.15, 0.2) is 0 Å². The number of nitrogens with two attached hydrogens (primary N) is 1. The normalized spacial score (nSPS) is 11.2. The van der Waals surface area contributed by atoms with Crippen molar-refractivity contribution < 1.29 is 17.9 Å². The topological polar surface area (TPSA) is 98.5 Å². The molecule has 3 N–H and O–H groups in total. The number of primary amides is 1. The number of methoxy groups -OCH3 is 1. The Morgan fingerprint density at radius 3 is 2.43 bits per heavy atom. The molecule has 2 aromatic carbocycles. The summed E-state index contributed by atoms with van der Waals surface area (Å²) in [6.07, 6.45) is 0.363. The zero-order chi connectivity index (χ0) is 16.9. The second-order valence-electron chi connectivity index (χ2n) is 4.86. The maximum atomic E-state index is 12.5. The molecule has 0 bridgehead atoms. The molecule has 1 amide bonds. The number of amides is 1. The lowest BCUT2D eigenvalue weighted by molar-refractivity contribution is 0.0999. The van der Waals surface area contributed by atoms with Gasteiger partial charge in [-0.1, -0.05) is 24.3 Å². The number of anilines is 1. The fourth-order valence-electron chi connectivity index (χ4n) is 2.19. The van der Waals surface area contributed by atoms with Gasteiger partial charge in [0.05, 0.1) is 17.2 Å². The molecule has 2 aromatic rings. The van der Waals surface area contributed by atoms with Crippen LogP contribution in [0.2, 0.25) is 0 Å². The number of nitrogens with one attached hydrogen (secondary N) is 1. The first-order valence-corrected chi connectivity index (χ1v) is 8.42. The molecule has 0 saturated heterocycles. The molecule has 0 fully saturated rings. The maximum Gasteiger partial charge on any atom is 0.261 e. The Kier molecular flexibility index (Phi) is 5.36. The molecular weight excluding hydrogens is 316 g/mol. The Balaban J connectivity index is 2.43. The van der Waals surface area contributed by atoms with Crippen molar-refractivity contribution in [3.05, 3.63) is 59.7 Å². The first-order valence-electron chi connectivity index (χ1n) is 6.94. The first-order chi connectivity index (χ1) is 11.0. The van der Waals surface area contributed by atoms with Gasteiger partial charge < -0.3 is 10.5 Å². The average Bonchev–Trinajstić information content (AvgIpc) is 2.54. The molecule has 0 aliphatic carbocycles. The lowest BCUT2D eigenvalue weighted by atomic mass is 10.0. The highest BCUT2D eigenvalue weighted by Gasteiger charge is 2.18. The molecule has 0 aromatic heterocycles. The van der Waals surface area contributed by atoms with Crippen LogP contribution in [-0.2, 0) is 21.2 Å². The van der Waals surface area contributed by atoms with Crippen LogP contribution in [0.5, 0.6) is 0 Å². The smallest absolute Gasteiger partial charge is 0.261 e. The Hall–Kier alpha value is -2.38. The van der Waals surface area contributed by atoms with Gasteiger partial charge in [-0.15, -0.1) is 0 Å². The number of rotatable bonds is 7. The molecule has 2 rings (SSSR count). The zero-order valence-electron chi connectivity index (χ0n) is 12.7. The molecule has 0 atom stereocenters. The van der Waals surface area contributed by atoms with Crippen molar-refractivity contribution in [3.63, 3.8) is 0 Å². The summed E-state index contributed by atoms with van der Waals surface area (Å²) < 4.78 is 32.4. The summed E-state index contributed by atoms with van der Waals surface area (Å²) in [5.41, 5.74) is 6.48. The van der Waals surface area contributed by atoms with Crippen molar-refractivity contribution in [2.45, 2.75) is 11.3 Å². The first kappa shape index (κ1) is 17.0. The van der Waals surface area contributed by atoms with Gasteiger partial charge >= 0.3 is 0 Å². The number of hydrogen-bond donors (Lipinski definition) is 2. The lowest BCUT2D eigenvalue weighted by Gasteiger charge is -2.15. The van der Waals surface area contributed by atoms with Crippen LogP contribution < -0.4 is 10.5 Å². The Morgan fingerprint density at radius 1 is 1.13 bits per heavy atom. The van der Waals surface area contributed by atoms with E-state index in [1.165, 1.54) is 19.2 Å². The van der Waals surface area contributed by atoms with Crippen molar-refractivity contribution in [2.24, 2.45) is 5.73 Å². The number of ether oxygens (including phenoxy) is 1. The van der Waals surface area contributed by atoms with Crippen molar-refractivity contribution in [1.82, 2.24) is 0 Å². The molecule has 0 unspecified atom stereocenters. The number of carbonyl (C=O) groups excluding carboxylic acids is 1. The number of hydrogen-bond acceptors (Lipinski definition) is 4. The van der Waals surface area contributed by atoms with Crippen LogP contribution in [0.1, 0.15) is 15.9 Å². The third kappa shape index (κ3) is 4.08. The third-order valence-electron chi connectivity index (χ3n) is 3.30. The van der Waals surface area contributed by atoms with Gasteiger partial charge in [-0.05, 0) is 36.2 Å². The Morgan fingerprint density at radius 2 is 1.83 bits per heavy atom. The summed E-state index contributed by atoms with van der Waals surface area (Å²) >= 11 is 0. The van der Waals surface area contributed by atoms with Crippen molar-refractivity contribution in [1.29, 1.82) is 0 Å². The average molecular weight is 334 g/mol. The van der Waals surface area contributed by atoms with E-state index in [0.717, 1.165) is 0 Å². The molecule has 0 spiro atoms. The van der Waals surface area contributed by atoms with Gasteiger partial charge in [-0.2, -0.15) is 0 Å². The van der Waals surface area contributed by atoms with Crippen molar-refractivity contribution >= 4 is 21.6 Å². The van der Waals surface area contributed by atoms with Crippen LogP contribution >= 0.6 is 0 Å². The van der Waals surface area contributed by atoms with Crippen LogP contribution in [0.25, 0.3) is 0 Å². The van der Waals surface area contributed by atoms with E-state index in [0.29, 0.717) is 24.3 Å². The third-order valence-corrected chi connectivity index (χ3v) is 4.68. The molecule has 0 radical (unpaired) electrons. The van der Waals surface area contributed by atoms with Gasteiger partial charge in [0, 0.05) is 12.7 Å². The van der Waals surface area contributed by atoms with E-state index in [1.807, 2.05) is 0 Å². The second-order valence-corrected chi connectivity index (χ2v) is 6.54. The number of benzene rings is 2. The number of sulfonamides is 1. The van der Waals surface area contributed by atoms with Crippen molar-refractivity contribution in [2.75, 3.05) is 18.4 Å². The highest BCUT2D eigenvalue weighted by molar-refractivity contribution is 7.92. The molecule has 6 nitrogen and oxygen atoms in total. The second kappa shape index (κ2) is 7.26. The molecule has 0 saturated carbocycles. The van der Waals surface area contributed by atoms with E-state index in [9.17, 15) is 13.2 Å². The van der Waals surface area contributed by atoms with Gasteiger partial charge in [0.1, 0.15) is 0 Å². The molecular formula is C16H18N2O4S. The molecule has 0 aliphatic rings. The summed E-state index contributed by atoms with van der Waals surface area (Å²) in [5.74, 6) is -0.614. The van der Waals surface area contributed by atoms with Crippen LogP contribution in [0.4, 0.5) is 5.69 Å². The SMILES string of the molecule is COCCc1c(NS(=O)(=O)c2ccccc2)cccc1C(N)=O. The predicted molar refractivity (Wildman–Crippen MR) is 87.8 cm³/mol. The van der Waals surface area contributed by atoms with Gasteiger partial charge in [-0.3, -0.25) is 9.52 Å². The van der Waals surface area contributed by atoms with Crippen LogP contribution in [0.15, 0.2) is 53.4 Å². The minimum Gasteiger partial charge on any atom is -0.384 e. The van der Waals surface area contributed by atoms with Crippen LogP contribution in [-0.4, -0.2) is 28.0 Å². The lowest BCUT2D eigenvalue weighted by Crippen LogP contribution is -2.19. The Bertz CT molecular complexity index is 789. The van der Waals surface area contributed by atoms with E-state index >= 15 is 0 Å². The van der Waals surface area contributed by atoms with E-state index < -0.39 is 15.9 Å². The maximum absolute atomic E-state index is 12.5. The van der Waals surface area contributed by atoms with Crippen LogP contribution in [0, 0.1) is 0 Å². The van der Waals surface area contributed by atoms with E-state index in [4.69, 9.17) is 10.5 Å². The highest BCUT2D eigenvalue weighted by atomic mass is 32.2. The fourth-order valence-corrected chi connectivity index (χ4v) is 3.30. The summed E-state index contributed by atoms with van der Waals surface area (Å²) in [5, 5.41) is 0. The molecule has 0 aliphatic heterocycles. The molecule has 7 heteroatoms. The van der Waals surface area contributed by atoms with Crippen molar-refractivity contribution in [3.8, 4) is 0 Å². The van der Waals surface area contributed by atoms with Crippen LogP contribution in [0.3, 0.4) is 0 Å². The zero-order valence-corrected chi connectivity index (χ0v) is 13.5. The summed E-state index contributed by atoms with van der Waals surface area (Å²) in [6.45, 7) is 0.338. The fraction of sp³-hybridized carbons (Fsp3) is 0.188. The standard InChI is InChI=1S/C16H18N2O4S/c1-22-11-10-13-14(16(17)19)8-5-9-15(13)18-23(20,21)12-6-3-2-4-7-12/h2-9,18H,10-11H2,1H3,(H2,17,19). The van der Waals surface area contributed by atoms with E-state index in [1.54, 1.807) is 36.4 Å². The van der Waals surface area contributed by atoms with E-state index in [-0.39, 0.29) is 10.5 Å². The van der Waals surface area contributed by atoms with Gasteiger partial charge in [0.25, 0.3) is 10.0 Å². The molecule has 23 heavy (non-hydrogen) atoms. The quantitative estimate of drug-likeness (QED) is 0.806. The largest absolute Gasteiger partial charge is 0.384 e. The predicted octanol–water partition coefficient (Wildman–Crippen LogP) is 1.78. The summed E-state index contributed by atoms with van der Waals surface area (Å²) in [4.78, 5) is 11.7. The molecule has 122 valence electrons. The number of carbonyl (C=O) groups is 1. The summed E-state index contributed by atoms with van der Waals surface area (Å²) in [7, 11) is -2.22.